The van der Waals surface area contributed by atoms with Crippen LogP contribution in [0.25, 0.3) is 0 Å². The summed E-state index contributed by atoms with van der Waals surface area (Å²) >= 11 is 0. The first kappa shape index (κ1) is 9.52. The summed E-state index contributed by atoms with van der Waals surface area (Å²) in [5.74, 6) is -0.433. The van der Waals surface area contributed by atoms with Gasteiger partial charge in [-0.05, 0) is 25.2 Å². The van der Waals surface area contributed by atoms with Crippen LogP contribution in [0, 0.1) is 11.8 Å². The number of carboxylic acid groups (broad SMARTS) is 1. The summed E-state index contributed by atoms with van der Waals surface area (Å²) in [5, 5.41) is 8.65. The molecule has 0 heterocycles. The number of carboxylic acids is 1. The number of hydrogen-bond donors (Lipinski definition) is 2. The van der Waals surface area contributed by atoms with Gasteiger partial charge in [0.25, 0.3) is 0 Å². The van der Waals surface area contributed by atoms with Gasteiger partial charge in [-0.1, -0.05) is 13.3 Å². The molecule has 3 heteroatoms. The number of carbonyl (C=O) groups is 1. The fourth-order valence-electron chi connectivity index (χ4n) is 1.57. The Balaban J connectivity index is 2.24. The standard InChI is InChI=1S/C9H17NO2/c1-6(9(11)12)5-8(10)7-3-2-4-7/h6-8H,2-5,10H2,1H3,(H,11,12). The third kappa shape index (κ3) is 2.21. The van der Waals surface area contributed by atoms with E-state index in [4.69, 9.17) is 10.8 Å². The van der Waals surface area contributed by atoms with Crippen LogP contribution in [0.4, 0.5) is 0 Å². The predicted molar refractivity (Wildman–Crippen MR) is 46.7 cm³/mol. The molecule has 0 radical (unpaired) electrons. The molecule has 3 nitrogen and oxygen atoms in total. The number of rotatable bonds is 4. The van der Waals surface area contributed by atoms with Crippen LogP contribution in [0.3, 0.4) is 0 Å². The quantitative estimate of drug-likeness (QED) is 0.668. The first-order chi connectivity index (χ1) is 5.61. The van der Waals surface area contributed by atoms with E-state index in [0.29, 0.717) is 12.3 Å². The van der Waals surface area contributed by atoms with E-state index in [1.54, 1.807) is 6.92 Å². The van der Waals surface area contributed by atoms with Crippen LogP contribution in [0.15, 0.2) is 0 Å². The van der Waals surface area contributed by atoms with E-state index in [-0.39, 0.29) is 12.0 Å². The Hall–Kier alpha value is -0.570. The Labute approximate surface area is 72.9 Å². The summed E-state index contributed by atoms with van der Waals surface area (Å²) in [4.78, 5) is 10.5. The summed E-state index contributed by atoms with van der Waals surface area (Å²) in [6, 6.07) is 0.102. The lowest BCUT2D eigenvalue weighted by Crippen LogP contribution is -2.37. The number of nitrogens with two attached hydrogens (primary N) is 1. The van der Waals surface area contributed by atoms with Crippen molar-refractivity contribution in [2.45, 2.75) is 38.6 Å². The Morgan fingerprint density at radius 2 is 2.25 bits per heavy atom. The highest BCUT2D eigenvalue weighted by Crippen LogP contribution is 2.30. The zero-order valence-corrected chi connectivity index (χ0v) is 7.49. The molecule has 12 heavy (non-hydrogen) atoms. The molecule has 2 atom stereocenters. The van der Waals surface area contributed by atoms with Crippen molar-refractivity contribution < 1.29 is 9.90 Å². The molecule has 1 saturated carbocycles. The van der Waals surface area contributed by atoms with Crippen molar-refractivity contribution in [1.82, 2.24) is 0 Å². The van der Waals surface area contributed by atoms with Crippen LogP contribution in [0.5, 0.6) is 0 Å². The Morgan fingerprint density at radius 3 is 2.58 bits per heavy atom. The van der Waals surface area contributed by atoms with Gasteiger partial charge in [0, 0.05) is 6.04 Å². The second-order valence-corrected chi connectivity index (χ2v) is 3.83. The van der Waals surface area contributed by atoms with Gasteiger partial charge >= 0.3 is 5.97 Å². The average molecular weight is 171 g/mol. The molecule has 0 bridgehead atoms. The maximum atomic E-state index is 10.5. The van der Waals surface area contributed by atoms with E-state index in [9.17, 15) is 4.79 Å². The normalized spacial score (nSPS) is 22.8. The van der Waals surface area contributed by atoms with E-state index in [0.717, 1.165) is 0 Å². The van der Waals surface area contributed by atoms with E-state index in [1.807, 2.05) is 0 Å². The molecule has 0 spiro atoms. The van der Waals surface area contributed by atoms with Crippen LogP contribution in [-0.4, -0.2) is 17.1 Å². The van der Waals surface area contributed by atoms with Gasteiger partial charge in [-0.3, -0.25) is 4.79 Å². The third-order valence-corrected chi connectivity index (χ3v) is 2.80. The summed E-state index contributed by atoms with van der Waals surface area (Å²) in [7, 11) is 0. The minimum atomic E-state index is -0.732. The van der Waals surface area contributed by atoms with Crippen LogP contribution >= 0.6 is 0 Å². The first-order valence-corrected chi connectivity index (χ1v) is 4.59. The maximum absolute atomic E-state index is 10.5. The lowest BCUT2D eigenvalue weighted by atomic mass is 9.77. The van der Waals surface area contributed by atoms with Crippen molar-refractivity contribution in [3.05, 3.63) is 0 Å². The molecular weight excluding hydrogens is 154 g/mol. The molecule has 0 aliphatic heterocycles. The zero-order valence-electron chi connectivity index (χ0n) is 7.49. The van der Waals surface area contributed by atoms with Crippen LogP contribution < -0.4 is 5.73 Å². The number of aliphatic carboxylic acids is 1. The fraction of sp³-hybridized carbons (Fsp3) is 0.889. The molecule has 0 aromatic carbocycles. The SMILES string of the molecule is CC(CC(N)C1CCC1)C(=O)O. The minimum absolute atomic E-state index is 0.102. The Morgan fingerprint density at radius 1 is 1.67 bits per heavy atom. The highest BCUT2D eigenvalue weighted by Gasteiger charge is 2.27. The van der Waals surface area contributed by atoms with Gasteiger partial charge in [-0.25, -0.2) is 0 Å². The van der Waals surface area contributed by atoms with Crippen molar-refractivity contribution >= 4 is 5.97 Å². The Kier molecular flexibility index (Phi) is 3.09. The molecule has 70 valence electrons. The molecule has 1 aliphatic rings. The largest absolute Gasteiger partial charge is 0.481 e. The molecule has 0 aromatic rings. The van der Waals surface area contributed by atoms with Gasteiger partial charge < -0.3 is 10.8 Å². The summed E-state index contributed by atoms with van der Waals surface area (Å²) in [5.41, 5.74) is 5.85. The van der Waals surface area contributed by atoms with Gasteiger partial charge in [-0.2, -0.15) is 0 Å². The molecule has 1 aliphatic carbocycles. The van der Waals surface area contributed by atoms with Crippen molar-refractivity contribution in [3.63, 3.8) is 0 Å². The van der Waals surface area contributed by atoms with Crippen molar-refractivity contribution in [2.24, 2.45) is 17.6 Å². The van der Waals surface area contributed by atoms with Crippen molar-refractivity contribution in [1.29, 1.82) is 0 Å². The van der Waals surface area contributed by atoms with E-state index in [2.05, 4.69) is 0 Å². The highest BCUT2D eigenvalue weighted by molar-refractivity contribution is 5.69. The topological polar surface area (TPSA) is 63.3 Å². The number of hydrogen-bond acceptors (Lipinski definition) is 2. The van der Waals surface area contributed by atoms with Crippen LogP contribution in [-0.2, 0) is 4.79 Å². The third-order valence-electron chi connectivity index (χ3n) is 2.80. The van der Waals surface area contributed by atoms with E-state index < -0.39 is 5.97 Å². The molecule has 0 amide bonds. The fourth-order valence-corrected chi connectivity index (χ4v) is 1.57. The summed E-state index contributed by atoms with van der Waals surface area (Å²) in [6.45, 7) is 1.72. The molecule has 1 rings (SSSR count). The summed E-state index contributed by atoms with van der Waals surface area (Å²) < 4.78 is 0. The monoisotopic (exact) mass is 171 g/mol. The highest BCUT2D eigenvalue weighted by atomic mass is 16.4. The van der Waals surface area contributed by atoms with Gasteiger partial charge in [-0.15, -0.1) is 0 Å². The second kappa shape index (κ2) is 3.90. The average Bonchev–Trinajstić information content (AvgIpc) is 1.82. The van der Waals surface area contributed by atoms with E-state index in [1.165, 1.54) is 19.3 Å². The van der Waals surface area contributed by atoms with Crippen LogP contribution in [0.1, 0.15) is 32.6 Å². The Bertz CT molecular complexity index is 166. The second-order valence-electron chi connectivity index (χ2n) is 3.83. The van der Waals surface area contributed by atoms with Crippen molar-refractivity contribution in [3.8, 4) is 0 Å². The lowest BCUT2D eigenvalue weighted by molar-refractivity contribution is -0.141. The zero-order chi connectivity index (χ0) is 9.14. The van der Waals surface area contributed by atoms with Gasteiger partial charge in [0.05, 0.1) is 5.92 Å². The van der Waals surface area contributed by atoms with Crippen LogP contribution in [0.2, 0.25) is 0 Å². The molecule has 1 fully saturated rings. The smallest absolute Gasteiger partial charge is 0.306 e. The molecule has 3 N–H and O–H groups in total. The molecular formula is C9H17NO2. The van der Waals surface area contributed by atoms with E-state index >= 15 is 0 Å². The van der Waals surface area contributed by atoms with Gasteiger partial charge in [0.2, 0.25) is 0 Å². The lowest BCUT2D eigenvalue weighted by Gasteiger charge is -2.31. The molecule has 2 unspecified atom stereocenters. The van der Waals surface area contributed by atoms with Crippen molar-refractivity contribution in [2.75, 3.05) is 0 Å². The minimum Gasteiger partial charge on any atom is -0.481 e. The predicted octanol–water partition coefficient (Wildman–Crippen LogP) is 1.22. The van der Waals surface area contributed by atoms with Gasteiger partial charge in [0.15, 0.2) is 0 Å². The molecule has 0 saturated heterocycles. The van der Waals surface area contributed by atoms with Gasteiger partial charge in [0.1, 0.15) is 0 Å². The summed E-state index contributed by atoms with van der Waals surface area (Å²) in [6.07, 6.45) is 4.26. The first-order valence-electron chi connectivity index (χ1n) is 4.59. The maximum Gasteiger partial charge on any atom is 0.306 e. The molecule has 0 aromatic heterocycles.